The van der Waals surface area contributed by atoms with Gasteiger partial charge in [-0.05, 0) is 72.5 Å². The Morgan fingerprint density at radius 1 is 1.15 bits per heavy atom. The molecule has 20 heavy (non-hydrogen) atoms. The molecule has 1 aromatic carbocycles. The van der Waals surface area contributed by atoms with E-state index < -0.39 is 0 Å². The van der Waals surface area contributed by atoms with Gasteiger partial charge in [0.15, 0.2) is 0 Å². The Balaban J connectivity index is 1.64. The number of hydrogen-bond acceptors (Lipinski definition) is 2. The highest BCUT2D eigenvalue weighted by Gasteiger charge is 2.14. The van der Waals surface area contributed by atoms with Gasteiger partial charge in [-0.1, -0.05) is 12.1 Å². The fourth-order valence-electron chi connectivity index (χ4n) is 2.51. The Morgan fingerprint density at radius 3 is 2.75 bits per heavy atom. The maximum absolute atomic E-state index is 12.1. The van der Waals surface area contributed by atoms with E-state index in [0.717, 1.165) is 51.9 Å². The summed E-state index contributed by atoms with van der Waals surface area (Å²) in [4.78, 5) is 14.1. The van der Waals surface area contributed by atoms with Crippen molar-refractivity contribution in [2.75, 3.05) is 26.2 Å². The number of nitrogens with one attached hydrogen (secondary N) is 1. The van der Waals surface area contributed by atoms with Gasteiger partial charge in [0.05, 0.1) is 0 Å². The Hall–Kier alpha value is -0.620. The number of amides is 1. The predicted octanol–water partition coefficient (Wildman–Crippen LogP) is 2.83. The molecule has 110 valence electrons. The van der Waals surface area contributed by atoms with E-state index in [4.69, 9.17) is 0 Å². The molecule has 2 rings (SSSR count). The van der Waals surface area contributed by atoms with Crippen LogP contribution in [0.25, 0.3) is 0 Å². The lowest BCUT2D eigenvalue weighted by molar-refractivity contribution is -0.131. The monoisotopic (exact) mass is 386 g/mol. The summed E-state index contributed by atoms with van der Waals surface area (Å²) in [6, 6.07) is 8.66. The highest BCUT2D eigenvalue weighted by molar-refractivity contribution is 14.1. The maximum Gasteiger partial charge on any atom is 0.222 e. The second-order valence-electron chi connectivity index (χ2n) is 5.32. The van der Waals surface area contributed by atoms with Crippen LogP contribution < -0.4 is 5.32 Å². The second kappa shape index (κ2) is 8.62. The fourth-order valence-corrected chi connectivity index (χ4v) is 2.87. The molecule has 1 N–H and O–H groups in total. The zero-order valence-corrected chi connectivity index (χ0v) is 14.1. The van der Waals surface area contributed by atoms with Crippen molar-refractivity contribution in [1.29, 1.82) is 0 Å². The molecule has 1 fully saturated rings. The normalized spacial score (nSPS) is 15.9. The summed E-state index contributed by atoms with van der Waals surface area (Å²) in [7, 11) is 0. The Labute approximate surface area is 135 Å². The minimum absolute atomic E-state index is 0.330. The molecule has 1 amide bonds. The van der Waals surface area contributed by atoms with Gasteiger partial charge in [0, 0.05) is 29.6 Å². The zero-order chi connectivity index (χ0) is 14.2. The van der Waals surface area contributed by atoms with Crippen LogP contribution >= 0.6 is 22.6 Å². The first-order chi connectivity index (χ1) is 9.75. The van der Waals surface area contributed by atoms with Crippen molar-refractivity contribution in [1.82, 2.24) is 10.2 Å². The van der Waals surface area contributed by atoms with Crippen molar-refractivity contribution in [3.8, 4) is 0 Å². The quantitative estimate of drug-likeness (QED) is 0.624. The van der Waals surface area contributed by atoms with E-state index in [1.54, 1.807) is 0 Å². The number of halogens is 1. The molecular formula is C16H23IN2O. The standard InChI is InChI=1S/C16H23IN2O/c17-15-8-6-14(7-9-15)4-1-2-5-16(20)19-12-3-10-18-11-13-19/h6-9,18H,1-5,10-13H2. The van der Waals surface area contributed by atoms with Crippen LogP contribution in [-0.2, 0) is 11.2 Å². The molecule has 1 saturated heterocycles. The lowest BCUT2D eigenvalue weighted by Gasteiger charge is -2.19. The molecule has 0 saturated carbocycles. The second-order valence-corrected chi connectivity index (χ2v) is 6.56. The van der Waals surface area contributed by atoms with Crippen LogP contribution in [0.3, 0.4) is 0 Å². The highest BCUT2D eigenvalue weighted by atomic mass is 127. The molecule has 1 heterocycles. The number of unbranched alkanes of at least 4 members (excludes halogenated alkanes) is 1. The van der Waals surface area contributed by atoms with E-state index in [1.807, 2.05) is 4.90 Å². The van der Waals surface area contributed by atoms with E-state index in [9.17, 15) is 4.79 Å². The van der Waals surface area contributed by atoms with Gasteiger partial charge in [-0.25, -0.2) is 0 Å². The minimum Gasteiger partial charge on any atom is -0.341 e. The molecule has 0 aromatic heterocycles. The molecule has 1 aliphatic heterocycles. The van der Waals surface area contributed by atoms with E-state index in [0.29, 0.717) is 12.3 Å². The topological polar surface area (TPSA) is 32.3 Å². The summed E-state index contributed by atoms with van der Waals surface area (Å²) >= 11 is 2.32. The zero-order valence-electron chi connectivity index (χ0n) is 11.9. The first kappa shape index (κ1) is 15.8. The number of hydrogen-bond donors (Lipinski definition) is 1. The van der Waals surface area contributed by atoms with E-state index in [1.165, 1.54) is 9.13 Å². The smallest absolute Gasteiger partial charge is 0.222 e. The number of carbonyl (C=O) groups excluding carboxylic acids is 1. The first-order valence-corrected chi connectivity index (χ1v) is 8.56. The molecule has 0 spiro atoms. The maximum atomic E-state index is 12.1. The van der Waals surface area contributed by atoms with E-state index in [-0.39, 0.29) is 0 Å². The highest BCUT2D eigenvalue weighted by Crippen LogP contribution is 2.11. The Bertz CT molecular complexity index is 411. The molecular weight excluding hydrogens is 363 g/mol. The van der Waals surface area contributed by atoms with Crippen molar-refractivity contribution < 1.29 is 4.79 Å². The summed E-state index contributed by atoms with van der Waals surface area (Å²) in [6.45, 7) is 3.77. The lowest BCUT2D eigenvalue weighted by Crippen LogP contribution is -2.33. The van der Waals surface area contributed by atoms with Crippen molar-refractivity contribution >= 4 is 28.5 Å². The van der Waals surface area contributed by atoms with Crippen LogP contribution in [0.5, 0.6) is 0 Å². The van der Waals surface area contributed by atoms with E-state index >= 15 is 0 Å². The van der Waals surface area contributed by atoms with Crippen molar-refractivity contribution in [2.45, 2.75) is 32.1 Å². The molecule has 0 radical (unpaired) electrons. The number of aryl methyl sites for hydroxylation is 1. The van der Waals surface area contributed by atoms with Crippen LogP contribution in [0.4, 0.5) is 0 Å². The third-order valence-corrected chi connectivity index (χ3v) is 4.43. The Morgan fingerprint density at radius 2 is 1.95 bits per heavy atom. The number of nitrogens with zero attached hydrogens (tertiary/aromatic N) is 1. The third kappa shape index (κ3) is 5.40. The molecule has 0 unspecified atom stereocenters. The molecule has 0 atom stereocenters. The Kier molecular flexibility index (Phi) is 6.79. The fraction of sp³-hybridized carbons (Fsp3) is 0.562. The van der Waals surface area contributed by atoms with Gasteiger partial charge in [-0.3, -0.25) is 4.79 Å². The third-order valence-electron chi connectivity index (χ3n) is 3.71. The van der Waals surface area contributed by atoms with E-state index in [2.05, 4.69) is 52.2 Å². The number of benzene rings is 1. The van der Waals surface area contributed by atoms with Gasteiger partial charge in [-0.15, -0.1) is 0 Å². The predicted molar refractivity (Wildman–Crippen MR) is 90.8 cm³/mol. The molecule has 1 aliphatic rings. The van der Waals surface area contributed by atoms with Gasteiger partial charge in [-0.2, -0.15) is 0 Å². The van der Waals surface area contributed by atoms with Crippen LogP contribution in [-0.4, -0.2) is 37.0 Å². The SMILES string of the molecule is O=C(CCCCc1ccc(I)cc1)N1CCCNCC1. The van der Waals surface area contributed by atoms with Crippen LogP contribution in [0.1, 0.15) is 31.2 Å². The summed E-state index contributed by atoms with van der Waals surface area (Å²) < 4.78 is 1.27. The summed E-state index contributed by atoms with van der Waals surface area (Å²) in [5, 5.41) is 3.33. The summed E-state index contributed by atoms with van der Waals surface area (Å²) in [5.74, 6) is 0.330. The summed E-state index contributed by atoms with van der Waals surface area (Å²) in [5.41, 5.74) is 1.37. The van der Waals surface area contributed by atoms with Crippen molar-refractivity contribution in [3.63, 3.8) is 0 Å². The van der Waals surface area contributed by atoms with Gasteiger partial charge in [0.1, 0.15) is 0 Å². The summed E-state index contributed by atoms with van der Waals surface area (Å²) in [6.07, 6.45) is 4.94. The van der Waals surface area contributed by atoms with Crippen LogP contribution in [0.2, 0.25) is 0 Å². The number of carbonyl (C=O) groups is 1. The van der Waals surface area contributed by atoms with Gasteiger partial charge in [0.2, 0.25) is 5.91 Å². The average Bonchev–Trinajstić information content (AvgIpc) is 2.74. The van der Waals surface area contributed by atoms with Crippen LogP contribution in [0.15, 0.2) is 24.3 Å². The average molecular weight is 386 g/mol. The molecule has 4 heteroatoms. The lowest BCUT2D eigenvalue weighted by atomic mass is 10.1. The molecule has 0 bridgehead atoms. The van der Waals surface area contributed by atoms with Crippen molar-refractivity contribution in [3.05, 3.63) is 33.4 Å². The molecule has 3 nitrogen and oxygen atoms in total. The minimum atomic E-state index is 0.330. The van der Waals surface area contributed by atoms with Gasteiger partial charge in [0.25, 0.3) is 0 Å². The molecule has 1 aromatic rings. The number of rotatable bonds is 5. The van der Waals surface area contributed by atoms with Crippen LogP contribution in [0, 0.1) is 3.57 Å². The van der Waals surface area contributed by atoms with Gasteiger partial charge >= 0.3 is 0 Å². The first-order valence-electron chi connectivity index (χ1n) is 7.48. The van der Waals surface area contributed by atoms with Gasteiger partial charge < -0.3 is 10.2 Å². The molecule has 0 aliphatic carbocycles. The van der Waals surface area contributed by atoms with Crippen molar-refractivity contribution in [2.24, 2.45) is 0 Å². The largest absolute Gasteiger partial charge is 0.341 e.